The maximum Gasteiger partial charge on any atom is 0.262 e. The maximum atomic E-state index is 13.3. The quantitative estimate of drug-likeness (QED) is 0.547. The first-order valence-corrected chi connectivity index (χ1v) is 13.7. The fraction of sp³-hybridized carbons (Fsp3) is 0.360. The van der Waals surface area contributed by atoms with E-state index in [4.69, 9.17) is 23.2 Å². The van der Waals surface area contributed by atoms with E-state index in [-0.39, 0.29) is 22.4 Å². The Morgan fingerprint density at radius 1 is 1.14 bits per heavy atom. The molecule has 0 saturated carbocycles. The van der Waals surface area contributed by atoms with Crippen LogP contribution in [-0.4, -0.2) is 47.3 Å². The first-order chi connectivity index (χ1) is 16.6. The lowest BCUT2D eigenvalue weighted by Gasteiger charge is -2.43. The molecular weight excluding hydrogens is 507 g/mol. The second-order valence-electron chi connectivity index (χ2n) is 9.31. The van der Waals surface area contributed by atoms with Crippen molar-refractivity contribution in [2.45, 2.75) is 42.7 Å². The number of rotatable bonds is 4. The minimum absolute atomic E-state index is 0.0718. The molecule has 1 unspecified atom stereocenters. The lowest BCUT2D eigenvalue weighted by Crippen LogP contribution is -2.54. The molecule has 1 saturated heterocycles. The van der Waals surface area contributed by atoms with Crippen molar-refractivity contribution in [2.24, 2.45) is 7.05 Å². The van der Waals surface area contributed by atoms with Gasteiger partial charge >= 0.3 is 0 Å². The van der Waals surface area contributed by atoms with Gasteiger partial charge in [-0.3, -0.25) is 4.79 Å². The Morgan fingerprint density at radius 3 is 2.51 bits per heavy atom. The summed E-state index contributed by atoms with van der Waals surface area (Å²) in [5, 5.41) is 4.04. The van der Waals surface area contributed by atoms with E-state index in [1.807, 2.05) is 12.1 Å². The van der Waals surface area contributed by atoms with E-state index in [2.05, 4.69) is 22.4 Å². The molecule has 10 heteroatoms. The number of hydrogen-bond acceptors (Lipinski definition) is 4. The topological polar surface area (TPSA) is 84.3 Å². The zero-order valence-electron chi connectivity index (χ0n) is 19.5. The van der Waals surface area contributed by atoms with Crippen LogP contribution in [0.1, 0.15) is 40.2 Å². The summed E-state index contributed by atoms with van der Waals surface area (Å²) >= 11 is 12.3. The summed E-state index contributed by atoms with van der Waals surface area (Å²) in [6, 6.07) is 12.8. The molecule has 1 spiro atoms. The highest BCUT2D eigenvalue weighted by Crippen LogP contribution is 2.47. The van der Waals surface area contributed by atoms with Gasteiger partial charge in [-0.25, -0.2) is 13.4 Å². The van der Waals surface area contributed by atoms with E-state index in [0.29, 0.717) is 53.8 Å². The molecule has 2 heterocycles. The third-order valence-electron chi connectivity index (χ3n) is 7.43. The van der Waals surface area contributed by atoms with Crippen LogP contribution in [0.25, 0.3) is 0 Å². The van der Waals surface area contributed by atoms with Crippen molar-refractivity contribution in [1.82, 2.24) is 19.2 Å². The fourth-order valence-electron chi connectivity index (χ4n) is 5.41. The van der Waals surface area contributed by atoms with Crippen LogP contribution in [0.2, 0.25) is 10.0 Å². The van der Waals surface area contributed by atoms with Gasteiger partial charge in [0.25, 0.3) is 15.9 Å². The van der Waals surface area contributed by atoms with Crippen LogP contribution in [0.4, 0.5) is 0 Å². The Balaban J connectivity index is 1.42. The van der Waals surface area contributed by atoms with Gasteiger partial charge in [-0.2, -0.15) is 4.31 Å². The highest BCUT2D eigenvalue weighted by atomic mass is 35.5. The molecule has 1 aliphatic heterocycles. The van der Waals surface area contributed by atoms with Crippen molar-refractivity contribution in [2.75, 3.05) is 13.1 Å². The van der Waals surface area contributed by atoms with Gasteiger partial charge in [-0.05, 0) is 55.5 Å². The van der Waals surface area contributed by atoms with Gasteiger partial charge in [-0.1, -0.05) is 47.5 Å². The van der Waals surface area contributed by atoms with Crippen LogP contribution < -0.4 is 5.32 Å². The van der Waals surface area contributed by atoms with Gasteiger partial charge in [0.05, 0.1) is 10.6 Å². The molecule has 184 valence electrons. The monoisotopic (exact) mass is 532 g/mol. The summed E-state index contributed by atoms with van der Waals surface area (Å²) in [6.07, 6.45) is 3.42. The number of aryl methyl sites for hydroxylation is 2. The average Bonchev–Trinajstić information content (AvgIpc) is 3.31. The van der Waals surface area contributed by atoms with Crippen molar-refractivity contribution >= 4 is 39.1 Å². The molecule has 1 aliphatic carbocycles. The second kappa shape index (κ2) is 8.92. The fourth-order valence-corrected chi connectivity index (χ4v) is 7.37. The molecule has 35 heavy (non-hydrogen) atoms. The van der Waals surface area contributed by atoms with Gasteiger partial charge < -0.3 is 9.88 Å². The number of nitrogens with one attached hydrogen (secondary N) is 1. The summed E-state index contributed by atoms with van der Waals surface area (Å²) in [4.78, 5) is 17.4. The number of carbonyl (C=O) groups is 1. The van der Waals surface area contributed by atoms with E-state index in [1.165, 1.54) is 15.4 Å². The molecule has 3 aromatic rings. The highest BCUT2D eigenvalue weighted by Gasteiger charge is 2.50. The van der Waals surface area contributed by atoms with Crippen LogP contribution in [-0.2, 0) is 28.9 Å². The predicted octanol–water partition coefficient (Wildman–Crippen LogP) is 4.11. The number of fused-ring (bicyclic) bond motifs is 2. The number of halogens is 2. The minimum Gasteiger partial charge on any atom is -0.348 e. The zero-order valence-corrected chi connectivity index (χ0v) is 21.8. The van der Waals surface area contributed by atoms with Gasteiger partial charge in [0.15, 0.2) is 5.03 Å². The lowest BCUT2D eigenvalue weighted by molar-refractivity contribution is 0.0897. The normalized spacial score (nSPS) is 19.6. The van der Waals surface area contributed by atoms with Crippen LogP contribution >= 0.6 is 23.2 Å². The number of hydrogen-bond donors (Lipinski definition) is 1. The summed E-state index contributed by atoms with van der Waals surface area (Å²) in [5.41, 5.74) is 2.36. The Labute approximate surface area is 215 Å². The number of sulfonamides is 1. The lowest BCUT2D eigenvalue weighted by atomic mass is 9.71. The number of carbonyl (C=O) groups excluding carboxylic acids is 1. The smallest absolute Gasteiger partial charge is 0.262 e. The molecule has 1 atom stereocenters. The summed E-state index contributed by atoms with van der Waals surface area (Å²) in [5.74, 6) is 0.383. The minimum atomic E-state index is -3.70. The average molecular weight is 533 g/mol. The maximum absolute atomic E-state index is 13.3. The Bertz CT molecular complexity index is 1390. The Hall–Kier alpha value is -2.39. The first kappa shape index (κ1) is 24.3. The van der Waals surface area contributed by atoms with E-state index in [9.17, 15) is 13.2 Å². The third-order valence-corrected chi connectivity index (χ3v) is 9.75. The standard InChI is InChI=1S/C25H26Cl2N4O3S/c1-16-28-23(15-30(16)2)35(33,34)31-11-9-25(10-12-31)20-6-4-3-5-17(20)13-22(25)29-24(32)19-8-7-18(26)14-21(19)27/h3-8,14-15,22H,9-13H2,1-2H3,(H,29,32). The molecule has 7 nitrogen and oxygen atoms in total. The van der Waals surface area contributed by atoms with Crippen LogP contribution in [0.3, 0.4) is 0 Å². The SMILES string of the molecule is Cc1nc(S(=O)(=O)N2CCC3(CC2)c2ccccc2CC3NC(=O)c2ccc(Cl)cc2Cl)cn1C. The molecule has 0 radical (unpaired) electrons. The highest BCUT2D eigenvalue weighted by molar-refractivity contribution is 7.89. The van der Waals surface area contributed by atoms with Crippen LogP contribution in [0.5, 0.6) is 0 Å². The Morgan fingerprint density at radius 2 is 1.86 bits per heavy atom. The van der Waals surface area contributed by atoms with Crippen molar-refractivity contribution in [3.8, 4) is 0 Å². The van der Waals surface area contributed by atoms with Crippen molar-refractivity contribution < 1.29 is 13.2 Å². The van der Waals surface area contributed by atoms with E-state index >= 15 is 0 Å². The molecule has 5 rings (SSSR count). The summed E-state index contributed by atoms with van der Waals surface area (Å²) < 4.78 is 29.7. The van der Waals surface area contributed by atoms with Crippen LogP contribution in [0.15, 0.2) is 53.7 Å². The van der Waals surface area contributed by atoms with E-state index in [0.717, 1.165) is 0 Å². The molecule has 1 N–H and O–H groups in total. The predicted molar refractivity (Wildman–Crippen MR) is 135 cm³/mol. The first-order valence-electron chi connectivity index (χ1n) is 11.5. The van der Waals surface area contributed by atoms with Gasteiger partial charge in [0, 0.05) is 42.8 Å². The van der Waals surface area contributed by atoms with Crippen LogP contribution in [0, 0.1) is 6.92 Å². The second-order valence-corrected chi connectivity index (χ2v) is 12.0. The van der Waals surface area contributed by atoms with E-state index < -0.39 is 10.0 Å². The Kier molecular flexibility index (Phi) is 6.20. The van der Waals surface area contributed by atoms with Crippen molar-refractivity contribution in [3.05, 3.63) is 81.2 Å². The van der Waals surface area contributed by atoms with Crippen molar-refractivity contribution in [3.63, 3.8) is 0 Å². The zero-order chi connectivity index (χ0) is 25.0. The van der Waals surface area contributed by atoms with Gasteiger partial charge in [-0.15, -0.1) is 0 Å². The molecule has 2 aromatic carbocycles. The summed E-state index contributed by atoms with van der Waals surface area (Å²) in [6.45, 7) is 2.47. The molecular formula is C25H26Cl2N4O3S. The molecule has 1 amide bonds. The molecule has 0 bridgehead atoms. The van der Waals surface area contributed by atoms with E-state index in [1.54, 1.807) is 42.9 Å². The largest absolute Gasteiger partial charge is 0.348 e. The number of imidazole rings is 1. The number of nitrogens with zero attached hydrogens (tertiary/aromatic N) is 3. The third kappa shape index (κ3) is 4.16. The molecule has 2 aliphatic rings. The number of aromatic nitrogens is 2. The van der Waals surface area contributed by atoms with Crippen molar-refractivity contribution in [1.29, 1.82) is 0 Å². The number of amides is 1. The summed E-state index contributed by atoms with van der Waals surface area (Å²) in [7, 11) is -1.92. The van der Waals surface area contributed by atoms with Gasteiger partial charge in [0.1, 0.15) is 5.82 Å². The number of piperidine rings is 1. The van der Waals surface area contributed by atoms with Gasteiger partial charge in [0.2, 0.25) is 0 Å². The molecule has 1 fully saturated rings. The number of benzene rings is 2. The molecule has 1 aromatic heterocycles.